The van der Waals surface area contributed by atoms with Gasteiger partial charge in [-0.15, -0.1) is 0 Å². The number of benzene rings is 3. The topological polar surface area (TPSA) is 95.1 Å². The van der Waals surface area contributed by atoms with Crippen molar-refractivity contribution in [3.05, 3.63) is 94.5 Å². The maximum absolute atomic E-state index is 13.3. The molecule has 0 aliphatic rings. The maximum Gasteiger partial charge on any atom is 0.257 e. The summed E-state index contributed by atoms with van der Waals surface area (Å²) in [5.41, 5.74) is 11.0. The SMILES string of the molecule is COc1ccccc1Cn1c(N)c(C(=O)NCc2ccccc2Cl)c2nc3ccccc3nc21. The molecule has 5 rings (SSSR count). The van der Waals surface area contributed by atoms with E-state index in [0.717, 1.165) is 22.4 Å². The second-order valence-corrected chi connectivity index (χ2v) is 8.22. The van der Waals surface area contributed by atoms with Gasteiger partial charge in [0.15, 0.2) is 5.65 Å². The minimum absolute atomic E-state index is 0.262. The summed E-state index contributed by atoms with van der Waals surface area (Å²) in [5, 5.41) is 3.51. The Labute approximate surface area is 201 Å². The van der Waals surface area contributed by atoms with E-state index in [0.29, 0.717) is 28.2 Å². The molecule has 0 unspecified atom stereocenters. The van der Waals surface area contributed by atoms with E-state index in [1.54, 1.807) is 17.7 Å². The molecule has 0 spiro atoms. The van der Waals surface area contributed by atoms with Crippen molar-refractivity contribution >= 4 is 45.5 Å². The molecule has 0 aliphatic heterocycles. The maximum atomic E-state index is 13.3. The number of halogens is 1. The number of nitrogens with zero attached hydrogens (tertiary/aromatic N) is 3. The van der Waals surface area contributed by atoms with Gasteiger partial charge < -0.3 is 20.4 Å². The predicted octanol–water partition coefficient (Wildman–Crippen LogP) is 4.81. The molecule has 5 aromatic rings. The zero-order valence-corrected chi connectivity index (χ0v) is 19.2. The van der Waals surface area contributed by atoms with Crippen LogP contribution in [0, 0.1) is 0 Å². The minimum atomic E-state index is -0.342. The van der Waals surface area contributed by atoms with Crippen LogP contribution >= 0.6 is 11.6 Å². The van der Waals surface area contributed by atoms with Crippen molar-refractivity contribution in [2.75, 3.05) is 12.8 Å². The monoisotopic (exact) mass is 471 g/mol. The van der Waals surface area contributed by atoms with Crippen molar-refractivity contribution < 1.29 is 9.53 Å². The van der Waals surface area contributed by atoms with Crippen LogP contribution in [0.1, 0.15) is 21.5 Å². The van der Waals surface area contributed by atoms with Crippen molar-refractivity contribution in [2.24, 2.45) is 0 Å². The zero-order chi connectivity index (χ0) is 23.7. The summed E-state index contributed by atoms with van der Waals surface area (Å²) in [6, 6.07) is 22.6. The summed E-state index contributed by atoms with van der Waals surface area (Å²) in [7, 11) is 1.62. The first-order chi connectivity index (χ1) is 16.6. The van der Waals surface area contributed by atoms with Crippen molar-refractivity contribution in [2.45, 2.75) is 13.1 Å². The van der Waals surface area contributed by atoms with Crippen LogP contribution in [0.4, 0.5) is 5.82 Å². The fourth-order valence-corrected chi connectivity index (χ4v) is 4.21. The number of rotatable bonds is 6. The molecule has 3 N–H and O–H groups in total. The Morgan fingerprint density at radius 2 is 1.62 bits per heavy atom. The molecule has 3 aromatic carbocycles. The third-order valence-electron chi connectivity index (χ3n) is 5.74. The zero-order valence-electron chi connectivity index (χ0n) is 18.5. The van der Waals surface area contributed by atoms with E-state index in [4.69, 9.17) is 32.0 Å². The van der Waals surface area contributed by atoms with Crippen LogP contribution < -0.4 is 15.8 Å². The minimum Gasteiger partial charge on any atom is -0.496 e. The molecule has 0 bridgehead atoms. The van der Waals surface area contributed by atoms with Gasteiger partial charge in [0, 0.05) is 17.1 Å². The molecule has 7 nitrogen and oxygen atoms in total. The Morgan fingerprint density at radius 1 is 0.971 bits per heavy atom. The second kappa shape index (κ2) is 9.03. The Bertz CT molecular complexity index is 1530. The van der Waals surface area contributed by atoms with Gasteiger partial charge in [-0.3, -0.25) is 4.79 Å². The number of hydrogen-bond donors (Lipinski definition) is 2. The molecule has 170 valence electrons. The highest BCUT2D eigenvalue weighted by Crippen LogP contribution is 2.30. The summed E-state index contributed by atoms with van der Waals surface area (Å²) in [6.07, 6.45) is 0. The number of amides is 1. The predicted molar refractivity (Wildman–Crippen MR) is 134 cm³/mol. The highest BCUT2D eigenvalue weighted by molar-refractivity contribution is 6.31. The molecule has 0 saturated heterocycles. The quantitative estimate of drug-likeness (QED) is 0.370. The third kappa shape index (κ3) is 3.91. The Morgan fingerprint density at radius 3 is 2.35 bits per heavy atom. The van der Waals surface area contributed by atoms with Crippen LogP contribution in [-0.2, 0) is 13.1 Å². The van der Waals surface area contributed by atoms with E-state index < -0.39 is 0 Å². The van der Waals surface area contributed by atoms with Gasteiger partial charge in [-0.2, -0.15) is 0 Å². The molecule has 0 atom stereocenters. The van der Waals surface area contributed by atoms with Gasteiger partial charge in [0.2, 0.25) is 0 Å². The molecular formula is C26H22ClN5O2. The van der Waals surface area contributed by atoms with Crippen LogP contribution in [0.2, 0.25) is 5.02 Å². The lowest BCUT2D eigenvalue weighted by Gasteiger charge is -2.12. The number of carbonyl (C=O) groups excluding carboxylic acids is 1. The summed E-state index contributed by atoms with van der Waals surface area (Å²) >= 11 is 6.25. The van der Waals surface area contributed by atoms with Crippen molar-refractivity contribution in [1.29, 1.82) is 0 Å². The van der Waals surface area contributed by atoms with Crippen molar-refractivity contribution in [3.63, 3.8) is 0 Å². The van der Waals surface area contributed by atoms with Gasteiger partial charge in [-0.25, -0.2) is 9.97 Å². The number of hydrogen-bond acceptors (Lipinski definition) is 5. The molecular weight excluding hydrogens is 450 g/mol. The van der Waals surface area contributed by atoms with E-state index in [-0.39, 0.29) is 23.8 Å². The average molecular weight is 472 g/mol. The van der Waals surface area contributed by atoms with Gasteiger partial charge in [0.25, 0.3) is 5.91 Å². The first-order valence-electron chi connectivity index (χ1n) is 10.7. The molecule has 8 heteroatoms. The Balaban J connectivity index is 1.62. The fourth-order valence-electron chi connectivity index (χ4n) is 4.01. The third-order valence-corrected chi connectivity index (χ3v) is 6.11. The van der Waals surface area contributed by atoms with Gasteiger partial charge in [-0.1, -0.05) is 60.1 Å². The Kier molecular flexibility index (Phi) is 5.77. The van der Waals surface area contributed by atoms with Gasteiger partial charge in [-0.05, 0) is 29.8 Å². The number of fused-ring (bicyclic) bond motifs is 2. The van der Waals surface area contributed by atoms with E-state index in [1.165, 1.54) is 0 Å². The van der Waals surface area contributed by atoms with Crippen molar-refractivity contribution in [3.8, 4) is 5.75 Å². The molecule has 2 aromatic heterocycles. The lowest BCUT2D eigenvalue weighted by molar-refractivity contribution is 0.0953. The molecule has 0 fully saturated rings. The van der Waals surface area contributed by atoms with Gasteiger partial charge in [0.1, 0.15) is 22.6 Å². The molecule has 1 amide bonds. The summed E-state index contributed by atoms with van der Waals surface area (Å²) in [6.45, 7) is 0.634. The number of anilines is 1. The number of aromatic nitrogens is 3. The number of nitrogen functional groups attached to an aromatic ring is 1. The van der Waals surface area contributed by atoms with Crippen LogP contribution in [0.25, 0.3) is 22.2 Å². The Hall–Kier alpha value is -4.10. The number of para-hydroxylation sites is 3. The lowest BCUT2D eigenvalue weighted by atomic mass is 10.2. The number of nitrogens with two attached hydrogens (primary N) is 1. The summed E-state index contributed by atoms with van der Waals surface area (Å²) in [4.78, 5) is 22.9. The first kappa shape index (κ1) is 21.7. The van der Waals surface area contributed by atoms with Crippen LogP contribution in [0.15, 0.2) is 72.8 Å². The number of methoxy groups -OCH3 is 1. The van der Waals surface area contributed by atoms with Crippen LogP contribution in [0.5, 0.6) is 5.75 Å². The van der Waals surface area contributed by atoms with Gasteiger partial charge >= 0.3 is 0 Å². The summed E-state index contributed by atoms with van der Waals surface area (Å²) < 4.78 is 7.31. The molecule has 0 aliphatic carbocycles. The highest BCUT2D eigenvalue weighted by Gasteiger charge is 2.24. The van der Waals surface area contributed by atoms with E-state index in [9.17, 15) is 4.79 Å². The molecule has 2 heterocycles. The van der Waals surface area contributed by atoms with E-state index in [1.807, 2.05) is 66.7 Å². The van der Waals surface area contributed by atoms with Crippen LogP contribution in [0.3, 0.4) is 0 Å². The standard InChI is InChI=1S/C26H22ClN5O2/c1-34-21-13-7-3-9-17(21)15-32-24(28)22(26(33)29-14-16-8-2-4-10-18(16)27)23-25(32)31-20-12-6-5-11-19(20)30-23/h2-13H,14-15,28H2,1H3,(H,29,33). The number of ether oxygens (including phenoxy) is 1. The average Bonchev–Trinajstić information content (AvgIpc) is 3.12. The molecule has 0 radical (unpaired) electrons. The summed E-state index contributed by atoms with van der Waals surface area (Å²) in [5.74, 6) is 0.667. The highest BCUT2D eigenvalue weighted by atomic mass is 35.5. The molecule has 34 heavy (non-hydrogen) atoms. The second-order valence-electron chi connectivity index (χ2n) is 7.82. The van der Waals surface area contributed by atoms with Crippen molar-refractivity contribution in [1.82, 2.24) is 19.9 Å². The van der Waals surface area contributed by atoms with E-state index >= 15 is 0 Å². The number of carbonyl (C=O) groups is 1. The smallest absolute Gasteiger partial charge is 0.257 e. The largest absolute Gasteiger partial charge is 0.496 e. The first-order valence-corrected chi connectivity index (χ1v) is 11.1. The van der Waals surface area contributed by atoms with Gasteiger partial charge in [0.05, 0.1) is 24.7 Å². The lowest BCUT2D eigenvalue weighted by Crippen LogP contribution is -2.24. The fraction of sp³-hybridized carbons (Fsp3) is 0.115. The number of nitrogens with one attached hydrogen (secondary N) is 1. The van der Waals surface area contributed by atoms with Crippen LogP contribution in [-0.4, -0.2) is 27.6 Å². The normalized spacial score (nSPS) is 11.1. The molecule has 0 saturated carbocycles. The van der Waals surface area contributed by atoms with E-state index in [2.05, 4.69) is 5.32 Å².